The lowest BCUT2D eigenvalue weighted by molar-refractivity contribution is 0.0174. The molecule has 0 N–H and O–H groups in total. The van der Waals surface area contributed by atoms with E-state index in [1.807, 2.05) is 31.2 Å². The third-order valence-electron chi connectivity index (χ3n) is 4.93. The molecule has 1 amide bonds. The zero-order valence-corrected chi connectivity index (χ0v) is 15.4. The Labute approximate surface area is 161 Å². The van der Waals surface area contributed by atoms with E-state index >= 15 is 0 Å². The van der Waals surface area contributed by atoms with Crippen LogP contribution in [0, 0.1) is 6.92 Å². The fourth-order valence-corrected chi connectivity index (χ4v) is 3.12. The lowest BCUT2D eigenvalue weighted by Crippen LogP contribution is -2.56. The van der Waals surface area contributed by atoms with Crippen LogP contribution >= 0.6 is 0 Å². The maximum absolute atomic E-state index is 12.4. The summed E-state index contributed by atoms with van der Waals surface area (Å²) in [4.78, 5) is 26.9. The molecule has 2 aromatic heterocycles. The third-order valence-corrected chi connectivity index (χ3v) is 4.93. The highest BCUT2D eigenvalue weighted by Crippen LogP contribution is 2.39. The van der Waals surface area contributed by atoms with Gasteiger partial charge in [0.25, 0.3) is 11.8 Å². The van der Waals surface area contributed by atoms with Crippen LogP contribution in [0.5, 0.6) is 5.75 Å². The minimum Gasteiger partial charge on any atom is -0.486 e. The van der Waals surface area contributed by atoms with Crippen molar-refractivity contribution in [1.82, 2.24) is 25.0 Å². The van der Waals surface area contributed by atoms with E-state index in [0.29, 0.717) is 36.3 Å². The smallest absolute Gasteiger partial charge is 0.274 e. The van der Waals surface area contributed by atoms with Gasteiger partial charge in [-0.1, -0.05) is 17.3 Å². The summed E-state index contributed by atoms with van der Waals surface area (Å²) in [7, 11) is 0. The lowest BCUT2D eigenvalue weighted by atomic mass is 10.1. The molecule has 1 aliphatic heterocycles. The van der Waals surface area contributed by atoms with Gasteiger partial charge in [-0.15, -0.1) is 0 Å². The van der Waals surface area contributed by atoms with Crippen molar-refractivity contribution in [2.75, 3.05) is 13.1 Å². The fourth-order valence-electron chi connectivity index (χ4n) is 3.12. The number of carbonyl (C=O) groups is 1. The van der Waals surface area contributed by atoms with Crippen LogP contribution in [0.4, 0.5) is 0 Å². The molecule has 1 saturated carbocycles. The first kappa shape index (κ1) is 16.9. The highest BCUT2D eigenvalue weighted by molar-refractivity contribution is 5.92. The van der Waals surface area contributed by atoms with Crippen molar-refractivity contribution >= 4 is 5.91 Å². The Kier molecular flexibility index (Phi) is 4.03. The van der Waals surface area contributed by atoms with Crippen LogP contribution in [0.3, 0.4) is 0 Å². The second-order valence-corrected chi connectivity index (χ2v) is 7.22. The number of ether oxygens (including phenoxy) is 1. The Balaban J connectivity index is 1.25. The van der Waals surface area contributed by atoms with E-state index in [1.165, 1.54) is 6.20 Å². The summed E-state index contributed by atoms with van der Waals surface area (Å²) in [6.07, 6.45) is 5.25. The summed E-state index contributed by atoms with van der Waals surface area (Å²) in [5.74, 6) is 2.22. The number of para-hydroxylation sites is 1. The van der Waals surface area contributed by atoms with E-state index in [9.17, 15) is 4.79 Å². The van der Waals surface area contributed by atoms with Crippen LogP contribution in [-0.2, 0) is 0 Å². The van der Waals surface area contributed by atoms with Crippen LogP contribution in [0.25, 0.3) is 11.5 Å². The molecule has 8 heteroatoms. The Morgan fingerprint density at radius 1 is 1.18 bits per heavy atom. The van der Waals surface area contributed by atoms with E-state index in [0.717, 1.165) is 29.9 Å². The number of hydrogen-bond acceptors (Lipinski definition) is 7. The predicted molar refractivity (Wildman–Crippen MR) is 98.8 cm³/mol. The SMILES string of the molecule is Cc1cnc(C(=O)N2CC(Oc3ccccc3-c3nc(C4CC4)no3)C2)cn1. The van der Waals surface area contributed by atoms with Gasteiger partial charge in [-0.2, -0.15) is 4.98 Å². The molecule has 1 aromatic carbocycles. The predicted octanol–water partition coefficient (Wildman–Crippen LogP) is 2.62. The van der Waals surface area contributed by atoms with Gasteiger partial charge in [-0.05, 0) is 31.9 Å². The molecule has 2 aliphatic rings. The number of aromatic nitrogens is 4. The summed E-state index contributed by atoms with van der Waals surface area (Å²) in [5.41, 5.74) is 1.91. The number of benzene rings is 1. The largest absolute Gasteiger partial charge is 0.486 e. The topological polar surface area (TPSA) is 94.2 Å². The molecular formula is C20H19N5O3. The number of nitrogens with zero attached hydrogens (tertiary/aromatic N) is 5. The molecule has 0 atom stereocenters. The number of aryl methyl sites for hydroxylation is 1. The molecule has 0 radical (unpaired) electrons. The average Bonchev–Trinajstić information content (AvgIpc) is 3.42. The standard InChI is InChI=1S/C20H19N5O3/c1-12-8-22-16(9-21-12)20(26)25-10-14(11-25)27-17-5-3-2-4-15(17)19-23-18(24-28-19)13-6-7-13/h2-5,8-9,13-14H,6-7,10-11H2,1H3. The first-order valence-electron chi connectivity index (χ1n) is 9.35. The summed E-state index contributed by atoms with van der Waals surface area (Å²) >= 11 is 0. The minimum absolute atomic E-state index is 0.0886. The Bertz CT molecular complexity index is 1010. The summed E-state index contributed by atoms with van der Waals surface area (Å²) in [6.45, 7) is 2.84. The molecule has 1 aliphatic carbocycles. The number of likely N-dealkylation sites (tertiary alicyclic amines) is 1. The van der Waals surface area contributed by atoms with Gasteiger partial charge in [-0.25, -0.2) is 4.98 Å². The molecule has 0 unspecified atom stereocenters. The molecule has 0 bridgehead atoms. The van der Waals surface area contributed by atoms with E-state index in [2.05, 4.69) is 20.1 Å². The molecule has 3 aromatic rings. The Morgan fingerprint density at radius 3 is 2.75 bits per heavy atom. The normalized spacial score (nSPS) is 16.7. The minimum atomic E-state index is -0.133. The highest BCUT2D eigenvalue weighted by Gasteiger charge is 2.34. The molecule has 1 saturated heterocycles. The first-order valence-corrected chi connectivity index (χ1v) is 9.35. The van der Waals surface area contributed by atoms with E-state index in [4.69, 9.17) is 9.26 Å². The Hall–Kier alpha value is -3.29. The van der Waals surface area contributed by atoms with Gasteiger partial charge in [0.15, 0.2) is 5.82 Å². The van der Waals surface area contributed by atoms with Crippen molar-refractivity contribution in [2.24, 2.45) is 0 Å². The second kappa shape index (κ2) is 6.70. The maximum atomic E-state index is 12.4. The third kappa shape index (κ3) is 3.21. The molecular weight excluding hydrogens is 358 g/mol. The van der Waals surface area contributed by atoms with E-state index in [1.54, 1.807) is 11.1 Å². The number of amides is 1. The van der Waals surface area contributed by atoms with Gasteiger partial charge in [0, 0.05) is 12.1 Å². The molecule has 5 rings (SSSR count). The van der Waals surface area contributed by atoms with Crippen molar-refractivity contribution in [3.8, 4) is 17.2 Å². The van der Waals surface area contributed by atoms with Crippen LogP contribution < -0.4 is 4.74 Å². The molecule has 8 nitrogen and oxygen atoms in total. The maximum Gasteiger partial charge on any atom is 0.274 e. The zero-order chi connectivity index (χ0) is 19.1. The van der Waals surface area contributed by atoms with Crippen molar-refractivity contribution in [1.29, 1.82) is 0 Å². The lowest BCUT2D eigenvalue weighted by Gasteiger charge is -2.38. The van der Waals surface area contributed by atoms with Crippen molar-refractivity contribution in [3.63, 3.8) is 0 Å². The summed E-state index contributed by atoms with van der Waals surface area (Å²) < 4.78 is 11.5. The van der Waals surface area contributed by atoms with Gasteiger partial charge in [0.05, 0.1) is 30.5 Å². The number of carbonyl (C=O) groups excluding carboxylic acids is 1. The quantitative estimate of drug-likeness (QED) is 0.674. The van der Waals surface area contributed by atoms with Crippen molar-refractivity contribution < 1.29 is 14.1 Å². The van der Waals surface area contributed by atoms with E-state index < -0.39 is 0 Å². The van der Waals surface area contributed by atoms with Gasteiger partial charge >= 0.3 is 0 Å². The molecule has 28 heavy (non-hydrogen) atoms. The highest BCUT2D eigenvalue weighted by atomic mass is 16.5. The van der Waals surface area contributed by atoms with Crippen LogP contribution in [-0.4, -0.2) is 50.1 Å². The summed E-state index contributed by atoms with van der Waals surface area (Å²) in [6, 6.07) is 7.60. The van der Waals surface area contributed by atoms with Crippen molar-refractivity contribution in [2.45, 2.75) is 31.8 Å². The molecule has 3 heterocycles. The van der Waals surface area contributed by atoms with Crippen LogP contribution in [0.15, 0.2) is 41.2 Å². The molecule has 142 valence electrons. The van der Waals surface area contributed by atoms with Gasteiger partial charge in [0.2, 0.25) is 0 Å². The fraction of sp³-hybridized carbons (Fsp3) is 0.350. The van der Waals surface area contributed by atoms with Crippen LogP contribution in [0.1, 0.15) is 40.8 Å². The summed E-state index contributed by atoms with van der Waals surface area (Å²) in [5, 5.41) is 4.08. The average molecular weight is 377 g/mol. The zero-order valence-electron chi connectivity index (χ0n) is 15.4. The monoisotopic (exact) mass is 377 g/mol. The molecule has 0 spiro atoms. The second-order valence-electron chi connectivity index (χ2n) is 7.22. The van der Waals surface area contributed by atoms with Crippen LogP contribution in [0.2, 0.25) is 0 Å². The van der Waals surface area contributed by atoms with E-state index in [-0.39, 0.29) is 12.0 Å². The number of rotatable bonds is 5. The Morgan fingerprint density at radius 2 is 2.00 bits per heavy atom. The van der Waals surface area contributed by atoms with Gasteiger partial charge in [0.1, 0.15) is 17.5 Å². The number of hydrogen-bond donors (Lipinski definition) is 0. The van der Waals surface area contributed by atoms with Crippen molar-refractivity contribution in [3.05, 3.63) is 53.9 Å². The molecule has 2 fully saturated rings. The first-order chi connectivity index (χ1) is 13.7. The van der Waals surface area contributed by atoms with Gasteiger partial charge < -0.3 is 14.2 Å². The van der Waals surface area contributed by atoms with Gasteiger partial charge in [-0.3, -0.25) is 9.78 Å².